The van der Waals surface area contributed by atoms with Crippen LogP contribution in [0.4, 0.5) is 5.82 Å². The largest absolute Gasteiger partial charge is 0.480 e. The van der Waals surface area contributed by atoms with Gasteiger partial charge < -0.3 is 15.3 Å². The van der Waals surface area contributed by atoms with Crippen molar-refractivity contribution < 1.29 is 9.90 Å². The molecule has 0 radical (unpaired) electrons. The van der Waals surface area contributed by atoms with Crippen molar-refractivity contribution in [3.8, 4) is 0 Å². The number of unbranched alkanes of at least 4 members (excludes halogenated alkanes) is 2. The van der Waals surface area contributed by atoms with Crippen molar-refractivity contribution in [2.75, 3.05) is 38.5 Å². The van der Waals surface area contributed by atoms with Crippen LogP contribution < -0.4 is 5.32 Å². The fourth-order valence-electron chi connectivity index (χ4n) is 5.04. The lowest BCUT2D eigenvalue weighted by atomic mass is 10.1. The van der Waals surface area contributed by atoms with Gasteiger partial charge in [-0.2, -0.15) is 0 Å². The van der Waals surface area contributed by atoms with Crippen LogP contribution in [0.2, 0.25) is 0 Å². The van der Waals surface area contributed by atoms with Crippen molar-refractivity contribution in [2.45, 2.75) is 57.0 Å². The number of carboxylic acid groups (broad SMARTS) is 1. The maximum Gasteiger partial charge on any atom is 0.325 e. The minimum absolute atomic E-state index is 0.425. The van der Waals surface area contributed by atoms with Gasteiger partial charge in [0.15, 0.2) is 0 Å². The number of aryl methyl sites for hydroxylation is 2. The molecule has 1 aromatic heterocycles. The zero-order chi connectivity index (χ0) is 22.3. The molecule has 2 aromatic rings. The molecule has 172 valence electrons. The predicted octanol–water partition coefficient (Wildman–Crippen LogP) is 3.98. The van der Waals surface area contributed by atoms with E-state index in [1.54, 1.807) is 0 Å². The molecule has 2 atom stereocenters. The van der Waals surface area contributed by atoms with Gasteiger partial charge >= 0.3 is 5.97 Å². The number of benzene rings is 1. The summed E-state index contributed by atoms with van der Waals surface area (Å²) in [6.45, 7) is 3.74. The van der Waals surface area contributed by atoms with Crippen molar-refractivity contribution >= 4 is 11.8 Å². The van der Waals surface area contributed by atoms with Crippen LogP contribution >= 0.6 is 0 Å². The number of aliphatic carboxylic acids is 1. The van der Waals surface area contributed by atoms with Gasteiger partial charge in [0.25, 0.3) is 0 Å². The van der Waals surface area contributed by atoms with Crippen molar-refractivity contribution in [3.63, 3.8) is 0 Å². The normalized spacial score (nSPS) is 19.5. The highest BCUT2D eigenvalue weighted by Crippen LogP contribution is 2.27. The maximum absolute atomic E-state index is 11.9. The molecule has 0 aliphatic carbocycles. The summed E-state index contributed by atoms with van der Waals surface area (Å²) >= 11 is 0. The SMILES string of the molecule is CN(CCCCCc1ccc2c(n1)NCCC2)[C@@H]1CCN(C(C(=O)O)c2ccccc2)C1. The molecule has 32 heavy (non-hydrogen) atoms. The molecule has 1 fully saturated rings. The molecule has 4 rings (SSSR count). The van der Waals surface area contributed by atoms with E-state index in [9.17, 15) is 9.90 Å². The molecule has 2 N–H and O–H groups in total. The molecule has 2 aliphatic rings. The summed E-state index contributed by atoms with van der Waals surface area (Å²) in [6, 6.07) is 13.9. The van der Waals surface area contributed by atoms with E-state index in [0.29, 0.717) is 6.04 Å². The Kier molecular flexibility index (Phi) is 7.76. The van der Waals surface area contributed by atoms with Gasteiger partial charge in [0.05, 0.1) is 0 Å². The predicted molar refractivity (Wildman–Crippen MR) is 128 cm³/mol. The monoisotopic (exact) mass is 436 g/mol. The van der Waals surface area contributed by atoms with Gasteiger partial charge in [0.1, 0.15) is 11.9 Å². The van der Waals surface area contributed by atoms with Crippen LogP contribution in [0.5, 0.6) is 0 Å². The Hall–Kier alpha value is -2.44. The Morgan fingerprint density at radius 1 is 1.22 bits per heavy atom. The lowest BCUT2D eigenvalue weighted by molar-refractivity contribution is -0.143. The van der Waals surface area contributed by atoms with Crippen molar-refractivity contribution in [3.05, 3.63) is 59.3 Å². The van der Waals surface area contributed by atoms with E-state index in [1.165, 1.54) is 24.1 Å². The Morgan fingerprint density at radius 3 is 2.88 bits per heavy atom. The number of hydrogen-bond acceptors (Lipinski definition) is 5. The molecule has 6 nitrogen and oxygen atoms in total. The highest BCUT2D eigenvalue weighted by molar-refractivity contribution is 5.75. The first-order valence-electron chi connectivity index (χ1n) is 12.1. The first-order chi connectivity index (χ1) is 15.6. The van der Waals surface area contributed by atoms with Crippen LogP contribution in [0.1, 0.15) is 55.0 Å². The quantitative estimate of drug-likeness (QED) is 0.549. The molecule has 0 amide bonds. The summed E-state index contributed by atoms with van der Waals surface area (Å²) < 4.78 is 0. The van der Waals surface area contributed by atoms with Crippen molar-refractivity contribution in [1.82, 2.24) is 14.8 Å². The summed E-state index contributed by atoms with van der Waals surface area (Å²) in [4.78, 5) is 21.3. The van der Waals surface area contributed by atoms with Gasteiger partial charge in [0, 0.05) is 31.4 Å². The van der Waals surface area contributed by atoms with Gasteiger partial charge in [-0.15, -0.1) is 0 Å². The van der Waals surface area contributed by atoms with Crippen molar-refractivity contribution in [2.24, 2.45) is 0 Å². The van der Waals surface area contributed by atoms with E-state index in [0.717, 1.165) is 69.7 Å². The summed E-state index contributed by atoms with van der Waals surface area (Å²) in [6.07, 6.45) is 7.91. The van der Waals surface area contributed by atoms with E-state index in [-0.39, 0.29) is 0 Å². The van der Waals surface area contributed by atoms with Gasteiger partial charge in [-0.05, 0) is 69.3 Å². The first-order valence-corrected chi connectivity index (χ1v) is 12.1. The average Bonchev–Trinajstić information content (AvgIpc) is 3.29. The van der Waals surface area contributed by atoms with Gasteiger partial charge in [-0.25, -0.2) is 4.98 Å². The van der Waals surface area contributed by atoms with Crippen LogP contribution in [-0.2, 0) is 17.6 Å². The van der Waals surface area contributed by atoms with E-state index < -0.39 is 12.0 Å². The number of nitrogens with one attached hydrogen (secondary N) is 1. The van der Waals surface area contributed by atoms with Crippen LogP contribution in [0.3, 0.4) is 0 Å². The number of likely N-dealkylation sites (N-methyl/N-ethyl adjacent to an activating group) is 1. The minimum atomic E-state index is -0.759. The zero-order valence-corrected chi connectivity index (χ0v) is 19.2. The minimum Gasteiger partial charge on any atom is -0.480 e. The highest BCUT2D eigenvalue weighted by atomic mass is 16.4. The number of pyridine rings is 1. The summed E-state index contributed by atoms with van der Waals surface area (Å²) in [5.74, 6) is 0.333. The second-order valence-corrected chi connectivity index (χ2v) is 9.22. The molecule has 6 heteroatoms. The Labute approximate surface area is 191 Å². The van der Waals surface area contributed by atoms with Crippen LogP contribution in [-0.4, -0.2) is 65.1 Å². The topological polar surface area (TPSA) is 68.7 Å². The number of rotatable bonds is 10. The number of likely N-dealkylation sites (tertiary alicyclic amines) is 1. The summed E-state index contributed by atoms with van der Waals surface area (Å²) in [7, 11) is 2.18. The molecule has 1 unspecified atom stereocenters. The van der Waals surface area contributed by atoms with Crippen LogP contribution in [0.25, 0.3) is 0 Å². The number of carboxylic acids is 1. The molecule has 1 aromatic carbocycles. The molecule has 1 saturated heterocycles. The van der Waals surface area contributed by atoms with E-state index >= 15 is 0 Å². The van der Waals surface area contributed by atoms with Gasteiger partial charge in [-0.3, -0.25) is 9.69 Å². The van der Waals surface area contributed by atoms with Crippen molar-refractivity contribution in [1.29, 1.82) is 0 Å². The molecule has 0 bridgehead atoms. The number of carbonyl (C=O) groups is 1. The highest BCUT2D eigenvalue weighted by Gasteiger charge is 2.34. The number of fused-ring (bicyclic) bond motifs is 1. The first kappa shape index (κ1) is 22.7. The van der Waals surface area contributed by atoms with Crippen LogP contribution in [0.15, 0.2) is 42.5 Å². The third-order valence-corrected chi connectivity index (χ3v) is 6.93. The Morgan fingerprint density at radius 2 is 2.06 bits per heavy atom. The lowest BCUT2D eigenvalue weighted by Gasteiger charge is -2.27. The van der Waals surface area contributed by atoms with E-state index in [4.69, 9.17) is 4.98 Å². The van der Waals surface area contributed by atoms with Gasteiger partial charge in [0.2, 0.25) is 0 Å². The lowest BCUT2D eigenvalue weighted by Crippen LogP contribution is -2.38. The van der Waals surface area contributed by atoms with Crippen LogP contribution in [0, 0.1) is 0 Å². The number of nitrogens with zero attached hydrogens (tertiary/aromatic N) is 3. The smallest absolute Gasteiger partial charge is 0.325 e. The summed E-state index contributed by atoms with van der Waals surface area (Å²) in [5, 5.41) is 13.2. The standard InChI is InChI=1S/C26H36N4O2/c1-29(17-7-3-6-12-22-14-13-21-11-8-16-27-25(21)28-22)23-15-18-30(19-23)24(26(31)32)20-9-4-2-5-10-20/h2,4-5,9-10,13-14,23-24H,3,6-8,11-12,15-19H2,1H3,(H,27,28)(H,31,32)/t23-,24?/m1/s1. The van der Waals surface area contributed by atoms with E-state index in [1.807, 2.05) is 30.3 Å². The number of aromatic nitrogens is 1. The molecule has 0 spiro atoms. The molecular weight excluding hydrogens is 400 g/mol. The number of anilines is 1. The number of hydrogen-bond donors (Lipinski definition) is 2. The van der Waals surface area contributed by atoms with E-state index in [2.05, 4.69) is 34.3 Å². The Balaban J connectivity index is 1.19. The third kappa shape index (κ3) is 5.67. The fraction of sp³-hybridized carbons (Fsp3) is 0.538. The maximum atomic E-state index is 11.9. The second-order valence-electron chi connectivity index (χ2n) is 9.22. The fourth-order valence-corrected chi connectivity index (χ4v) is 5.04. The molecule has 0 saturated carbocycles. The average molecular weight is 437 g/mol. The third-order valence-electron chi connectivity index (χ3n) is 6.93. The zero-order valence-electron chi connectivity index (χ0n) is 19.2. The molecular formula is C26H36N4O2. The second kappa shape index (κ2) is 10.9. The Bertz CT molecular complexity index is 889. The molecule has 2 aliphatic heterocycles. The summed E-state index contributed by atoms with van der Waals surface area (Å²) in [5.41, 5.74) is 3.41. The van der Waals surface area contributed by atoms with Gasteiger partial charge in [-0.1, -0.05) is 42.8 Å². The molecule has 3 heterocycles.